The van der Waals surface area contributed by atoms with Gasteiger partial charge in [0.2, 0.25) is 0 Å². The second-order valence-electron chi connectivity index (χ2n) is 4.91. The minimum absolute atomic E-state index is 0.241. The Morgan fingerprint density at radius 3 is 2.36 bits per heavy atom. The summed E-state index contributed by atoms with van der Waals surface area (Å²) in [6.45, 7) is 4.00. The summed E-state index contributed by atoms with van der Waals surface area (Å²) in [5.74, 6) is 0. The lowest BCUT2D eigenvalue weighted by atomic mass is 10.0. The van der Waals surface area contributed by atoms with E-state index in [1.54, 1.807) is 0 Å². The Bertz CT molecular complexity index is 630. The van der Waals surface area contributed by atoms with E-state index in [0.717, 1.165) is 18.4 Å². The molecule has 3 rings (SSSR count). The molecule has 22 heavy (non-hydrogen) atoms. The first-order chi connectivity index (χ1) is 10.9. The quantitative estimate of drug-likeness (QED) is 0.491. The molecular formula is C19H22N2O. The van der Waals surface area contributed by atoms with Crippen molar-refractivity contribution < 1.29 is 5.21 Å². The van der Waals surface area contributed by atoms with Gasteiger partial charge in [0.25, 0.3) is 0 Å². The molecule has 3 nitrogen and oxygen atoms in total. The van der Waals surface area contributed by atoms with Gasteiger partial charge in [-0.1, -0.05) is 73.6 Å². The number of benzene rings is 2. The smallest absolute Gasteiger partial charge is 0.0756 e. The predicted octanol–water partition coefficient (Wildman–Crippen LogP) is 4.85. The Balaban J connectivity index is 0.000000847. The average molecular weight is 294 g/mol. The third-order valence-electron chi connectivity index (χ3n) is 3.60. The van der Waals surface area contributed by atoms with Gasteiger partial charge < -0.3 is 5.21 Å². The highest BCUT2D eigenvalue weighted by molar-refractivity contribution is 6.01. The molecule has 0 amide bonds. The van der Waals surface area contributed by atoms with Gasteiger partial charge in [0.1, 0.15) is 0 Å². The van der Waals surface area contributed by atoms with E-state index in [9.17, 15) is 0 Å². The highest BCUT2D eigenvalue weighted by Gasteiger charge is 2.19. The SMILES string of the molecule is CC.O/N=C\c1ccc(C2CCC(c3ccccc3)=N2)cc1. The summed E-state index contributed by atoms with van der Waals surface area (Å²) in [4.78, 5) is 4.84. The zero-order valence-electron chi connectivity index (χ0n) is 13.1. The van der Waals surface area contributed by atoms with Crippen LogP contribution in [-0.2, 0) is 0 Å². The first-order valence-electron chi connectivity index (χ1n) is 7.76. The van der Waals surface area contributed by atoms with Gasteiger partial charge >= 0.3 is 0 Å². The molecule has 114 valence electrons. The summed E-state index contributed by atoms with van der Waals surface area (Å²) in [7, 11) is 0. The number of hydrogen-bond acceptors (Lipinski definition) is 3. The molecule has 1 aliphatic rings. The van der Waals surface area contributed by atoms with E-state index in [0.29, 0.717) is 0 Å². The number of aliphatic imine (C=N–C) groups is 1. The van der Waals surface area contributed by atoms with Crippen LogP contribution < -0.4 is 0 Å². The molecular weight excluding hydrogens is 272 g/mol. The van der Waals surface area contributed by atoms with Crippen LogP contribution in [0.5, 0.6) is 0 Å². The van der Waals surface area contributed by atoms with Crippen LogP contribution in [0.4, 0.5) is 0 Å². The van der Waals surface area contributed by atoms with Crippen molar-refractivity contribution in [2.45, 2.75) is 32.7 Å². The minimum atomic E-state index is 0.241. The molecule has 0 saturated heterocycles. The predicted molar refractivity (Wildman–Crippen MR) is 92.1 cm³/mol. The van der Waals surface area contributed by atoms with E-state index in [1.807, 2.05) is 44.2 Å². The van der Waals surface area contributed by atoms with Gasteiger partial charge in [0.15, 0.2) is 0 Å². The Morgan fingerprint density at radius 2 is 1.73 bits per heavy atom. The Morgan fingerprint density at radius 1 is 1.05 bits per heavy atom. The summed E-state index contributed by atoms with van der Waals surface area (Å²) in [6, 6.07) is 18.6. The lowest BCUT2D eigenvalue weighted by molar-refractivity contribution is 0.322. The first-order valence-corrected chi connectivity index (χ1v) is 7.76. The van der Waals surface area contributed by atoms with Gasteiger partial charge in [-0.05, 0) is 29.5 Å². The van der Waals surface area contributed by atoms with Crippen LogP contribution in [0.15, 0.2) is 64.7 Å². The highest BCUT2D eigenvalue weighted by Crippen LogP contribution is 2.30. The van der Waals surface area contributed by atoms with Gasteiger partial charge in [0, 0.05) is 5.71 Å². The summed E-state index contributed by atoms with van der Waals surface area (Å²) in [5.41, 5.74) is 4.52. The molecule has 0 fully saturated rings. The van der Waals surface area contributed by atoms with Crippen molar-refractivity contribution in [2.24, 2.45) is 10.1 Å². The van der Waals surface area contributed by atoms with Crippen molar-refractivity contribution in [1.82, 2.24) is 0 Å². The van der Waals surface area contributed by atoms with Crippen molar-refractivity contribution >= 4 is 11.9 Å². The van der Waals surface area contributed by atoms with Crippen LogP contribution in [0.3, 0.4) is 0 Å². The van der Waals surface area contributed by atoms with Gasteiger partial charge in [-0.15, -0.1) is 0 Å². The maximum absolute atomic E-state index is 8.51. The second kappa shape index (κ2) is 8.13. The second-order valence-corrected chi connectivity index (χ2v) is 4.91. The van der Waals surface area contributed by atoms with E-state index in [4.69, 9.17) is 10.2 Å². The Kier molecular flexibility index (Phi) is 5.90. The molecule has 0 spiro atoms. The largest absolute Gasteiger partial charge is 0.411 e. The number of rotatable bonds is 3. The summed E-state index contributed by atoms with van der Waals surface area (Å²) >= 11 is 0. The van der Waals surface area contributed by atoms with Gasteiger partial charge in [-0.3, -0.25) is 4.99 Å². The van der Waals surface area contributed by atoms with E-state index >= 15 is 0 Å². The Labute approximate surface area is 132 Å². The molecule has 1 unspecified atom stereocenters. The van der Waals surface area contributed by atoms with E-state index in [2.05, 4.69) is 29.4 Å². The fourth-order valence-corrected chi connectivity index (χ4v) is 2.55. The van der Waals surface area contributed by atoms with Crippen LogP contribution in [-0.4, -0.2) is 17.1 Å². The van der Waals surface area contributed by atoms with Crippen molar-refractivity contribution in [3.63, 3.8) is 0 Å². The van der Waals surface area contributed by atoms with Crippen molar-refractivity contribution in [3.8, 4) is 0 Å². The molecule has 3 heteroatoms. The molecule has 1 aliphatic heterocycles. The molecule has 2 aromatic rings. The van der Waals surface area contributed by atoms with Crippen LogP contribution in [0, 0.1) is 0 Å². The van der Waals surface area contributed by atoms with Crippen LogP contribution in [0.1, 0.15) is 49.4 Å². The zero-order valence-corrected chi connectivity index (χ0v) is 13.1. The topological polar surface area (TPSA) is 45.0 Å². The van der Waals surface area contributed by atoms with E-state index < -0.39 is 0 Å². The van der Waals surface area contributed by atoms with Gasteiger partial charge in [-0.2, -0.15) is 0 Å². The highest BCUT2D eigenvalue weighted by atomic mass is 16.4. The minimum Gasteiger partial charge on any atom is -0.411 e. The molecule has 1 N–H and O–H groups in total. The van der Waals surface area contributed by atoms with Crippen LogP contribution in [0.25, 0.3) is 0 Å². The average Bonchev–Trinajstić information content (AvgIpc) is 3.09. The summed E-state index contributed by atoms with van der Waals surface area (Å²) in [6.07, 6.45) is 3.50. The van der Waals surface area contributed by atoms with Crippen molar-refractivity contribution in [1.29, 1.82) is 0 Å². The molecule has 0 radical (unpaired) electrons. The fourth-order valence-electron chi connectivity index (χ4n) is 2.55. The summed E-state index contributed by atoms with van der Waals surface area (Å²) in [5, 5.41) is 11.5. The number of oxime groups is 1. The third kappa shape index (κ3) is 3.82. The fraction of sp³-hybridized carbons (Fsp3) is 0.263. The molecule has 2 aromatic carbocycles. The standard InChI is InChI=1S/C17H16N2O.C2H6/c20-18-12-13-6-8-15(9-7-13)17-11-10-16(19-17)14-4-2-1-3-5-14;1-2/h1-9,12,17,20H,10-11H2;1-2H3/b18-12-;. The number of hydrogen-bond donors (Lipinski definition) is 1. The maximum Gasteiger partial charge on any atom is 0.0756 e. The first kappa shape index (κ1) is 16.0. The van der Waals surface area contributed by atoms with E-state index in [1.165, 1.54) is 23.1 Å². The third-order valence-corrected chi connectivity index (χ3v) is 3.60. The molecule has 0 aromatic heterocycles. The molecule has 0 aliphatic carbocycles. The van der Waals surface area contributed by atoms with E-state index in [-0.39, 0.29) is 6.04 Å². The van der Waals surface area contributed by atoms with Crippen molar-refractivity contribution in [3.05, 3.63) is 71.3 Å². The molecule has 0 saturated carbocycles. The van der Waals surface area contributed by atoms with Gasteiger partial charge in [0.05, 0.1) is 12.3 Å². The summed E-state index contributed by atoms with van der Waals surface area (Å²) < 4.78 is 0. The number of nitrogens with zero attached hydrogens (tertiary/aromatic N) is 2. The van der Waals surface area contributed by atoms with Crippen LogP contribution >= 0.6 is 0 Å². The van der Waals surface area contributed by atoms with Crippen molar-refractivity contribution in [2.75, 3.05) is 0 Å². The Hall–Kier alpha value is -2.42. The lowest BCUT2D eigenvalue weighted by Crippen LogP contribution is -1.94. The lowest BCUT2D eigenvalue weighted by Gasteiger charge is -2.06. The molecule has 1 atom stereocenters. The molecule has 1 heterocycles. The van der Waals surface area contributed by atoms with Gasteiger partial charge in [-0.25, -0.2) is 0 Å². The normalized spacial score (nSPS) is 17.0. The monoisotopic (exact) mass is 294 g/mol. The zero-order chi connectivity index (χ0) is 15.8. The van der Waals surface area contributed by atoms with Crippen LogP contribution in [0.2, 0.25) is 0 Å². The maximum atomic E-state index is 8.51. The molecule has 0 bridgehead atoms.